The van der Waals surface area contributed by atoms with Gasteiger partial charge in [0.05, 0.1) is 6.54 Å². The minimum Gasteiger partial charge on any atom is -0.385 e. The first-order chi connectivity index (χ1) is 9.74. The van der Waals surface area contributed by atoms with Crippen LogP contribution in [-0.2, 0) is 13.0 Å². The Morgan fingerprint density at radius 2 is 2.40 bits per heavy atom. The van der Waals surface area contributed by atoms with Crippen LogP contribution in [0.25, 0.3) is 0 Å². The lowest BCUT2D eigenvalue weighted by atomic mass is 9.97. The average molecular weight is 287 g/mol. The summed E-state index contributed by atoms with van der Waals surface area (Å²) >= 11 is 1.62. The van der Waals surface area contributed by atoms with E-state index in [2.05, 4.69) is 15.6 Å². The molecule has 0 aliphatic carbocycles. The predicted octanol–water partition coefficient (Wildman–Crippen LogP) is 2.74. The average Bonchev–Trinajstić information content (AvgIpc) is 2.90. The van der Waals surface area contributed by atoms with Gasteiger partial charge in [0.2, 0.25) is 0 Å². The molecule has 1 aliphatic rings. The standard InChI is InChI=1S/C15H17N3OS/c1-10-8-17-14(20-10)9-18-15(19)12-4-2-6-13-11(12)5-3-7-16-13/h2,4,6,8,16H,3,5,7,9H2,1H3,(H,18,19). The Morgan fingerprint density at radius 1 is 1.50 bits per heavy atom. The van der Waals surface area contributed by atoms with E-state index in [9.17, 15) is 4.79 Å². The monoisotopic (exact) mass is 287 g/mol. The Bertz CT molecular complexity index is 636. The maximum Gasteiger partial charge on any atom is 0.251 e. The minimum atomic E-state index is -0.0154. The quantitative estimate of drug-likeness (QED) is 0.912. The molecular formula is C15H17N3OS. The maximum absolute atomic E-state index is 12.3. The van der Waals surface area contributed by atoms with Gasteiger partial charge in [-0.25, -0.2) is 4.98 Å². The Morgan fingerprint density at radius 3 is 3.20 bits per heavy atom. The van der Waals surface area contributed by atoms with Crippen molar-refractivity contribution >= 4 is 22.9 Å². The minimum absolute atomic E-state index is 0.0154. The summed E-state index contributed by atoms with van der Waals surface area (Å²) in [6.07, 6.45) is 3.87. The first-order valence-corrected chi connectivity index (χ1v) is 7.61. The molecule has 104 valence electrons. The number of rotatable bonds is 3. The summed E-state index contributed by atoms with van der Waals surface area (Å²) in [5, 5.41) is 7.25. The van der Waals surface area contributed by atoms with Crippen molar-refractivity contribution in [2.45, 2.75) is 26.3 Å². The van der Waals surface area contributed by atoms with Crippen LogP contribution in [0.1, 0.15) is 32.2 Å². The lowest BCUT2D eigenvalue weighted by molar-refractivity contribution is 0.0950. The lowest BCUT2D eigenvalue weighted by Gasteiger charge is -2.20. The normalized spacial score (nSPS) is 13.4. The zero-order chi connectivity index (χ0) is 13.9. The second kappa shape index (κ2) is 5.63. The molecule has 0 bridgehead atoms. The van der Waals surface area contributed by atoms with Gasteiger partial charge in [-0.3, -0.25) is 4.79 Å². The number of fused-ring (bicyclic) bond motifs is 1. The fourth-order valence-corrected chi connectivity index (χ4v) is 3.18. The van der Waals surface area contributed by atoms with Crippen molar-refractivity contribution in [2.75, 3.05) is 11.9 Å². The molecule has 5 heteroatoms. The Balaban J connectivity index is 1.74. The van der Waals surface area contributed by atoms with Crippen LogP contribution in [0.2, 0.25) is 0 Å². The Kier molecular flexibility index (Phi) is 3.69. The van der Waals surface area contributed by atoms with Crippen LogP contribution in [-0.4, -0.2) is 17.4 Å². The molecular weight excluding hydrogens is 270 g/mol. The number of aryl methyl sites for hydroxylation is 1. The molecule has 0 atom stereocenters. The van der Waals surface area contributed by atoms with Gasteiger partial charge in [0, 0.05) is 28.9 Å². The van der Waals surface area contributed by atoms with E-state index >= 15 is 0 Å². The van der Waals surface area contributed by atoms with Crippen molar-refractivity contribution in [3.8, 4) is 0 Å². The fraction of sp³-hybridized carbons (Fsp3) is 0.333. The second-order valence-corrected chi connectivity index (χ2v) is 6.23. The first kappa shape index (κ1) is 13.1. The van der Waals surface area contributed by atoms with Gasteiger partial charge in [-0.2, -0.15) is 0 Å². The molecule has 0 spiro atoms. The van der Waals surface area contributed by atoms with Crippen molar-refractivity contribution in [3.05, 3.63) is 45.4 Å². The van der Waals surface area contributed by atoms with Crippen molar-refractivity contribution < 1.29 is 4.79 Å². The third-order valence-corrected chi connectivity index (χ3v) is 4.32. The molecule has 3 rings (SSSR count). The van der Waals surface area contributed by atoms with E-state index in [0.717, 1.165) is 46.1 Å². The van der Waals surface area contributed by atoms with Gasteiger partial charge in [-0.1, -0.05) is 6.07 Å². The smallest absolute Gasteiger partial charge is 0.251 e. The van der Waals surface area contributed by atoms with E-state index in [-0.39, 0.29) is 5.91 Å². The van der Waals surface area contributed by atoms with Crippen molar-refractivity contribution in [2.24, 2.45) is 0 Å². The van der Waals surface area contributed by atoms with Gasteiger partial charge in [-0.15, -0.1) is 11.3 Å². The molecule has 0 saturated carbocycles. The Hall–Kier alpha value is -1.88. The summed E-state index contributed by atoms with van der Waals surface area (Å²) in [6, 6.07) is 5.86. The summed E-state index contributed by atoms with van der Waals surface area (Å²) in [5.74, 6) is -0.0154. The van der Waals surface area contributed by atoms with Crippen LogP contribution in [0.4, 0.5) is 5.69 Å². The maximum atomic E-state index is 12.3. The summed E-state index contributed by atoms with van der Waals surface area (Å²) < 4.78 is 0. The van der Waals surface area contributed by atoms with Gasteiger partial charge in [0.25, 0.3) is 5.91 Å². The number of amides is 1. The molecule has 0 saturated heterocycles. The van der Waals surface area contributed by atoms with E-state index in [1.54, 1.807) is 11.3 Å². The molecule has 0 fully saturated rings. The zero-order valence-corrected chi connectivity index (χ0v) is 12.2. The van der Waals surface area contributed by atoms with Crippen LogP contribution in [0.3, 0.4) is 0 Å². The van der Waals surface area contributed by atoms with Crippen LogP contribution in [0.5, 0.6) is 0 Å². The molecule has 0 radical (unpaired) electrons. The molecule has 1 aromatic carbocycles. The topological polar surface area (TPSA) is 54.0 Å². The third kappa shape index (κ3) is 2.67. The number of nitrogens with zero attached hydrogens (tertiary/aromatic N) is 1. The number of hydrogen-bond donors (Lipinski definition) is 2. The van der Waals surface area contributed by atoms with Gasteiger partial charge in [0.1, 0.15) is 5.01 Å². The highest BCUT2D eigenvalue weighted by molar-refractivity contribution is 7.11. The van der Waals surface area contributed by atoms with E-state index in [1.165, 1.54) is 0 Å². The summed E-state index contributed by atoms with van der Waals surface area (Å²) in [4.78, 5) is 17.8. The number of thiazole rings is 1. The lowest BCUT2D eigenvalue weighted by Crippen LogP contribution is -2.25. The summed E-state index contributed by atoms with van der Waals surface area (Å²) in [6.45, 7) is 3.49. The van der Waals surface area contributed by atoms with Gasteiger partial charge < -0.3 is 10.6 Å². The first-order valence-electron chi connectivity index (χ1n) is 6.79. The fourth-order valence-electron chi connectivity index (χ4n) is 2.46. The van der Waals surface area contributed by atoms with Gasteiger partial charge >= 0.3 is 0 Å². The molecule has 4 nitrogen and oxygen atoms in total. The highest BCUT2D eigenvalue weighted by Gasteiger charge is 2.17. The summed E-state index contributed by atoms with van der Waals surface area (Å²) in [5.41, 5.74) is 3.00. The SMILES string of the molecule is Cc1cnc(CNC(=O)c2cccc3c2CCCN3)s1. The second-order valence-electron chi connectivity index (χ2n) is 4.91. The Labute approximate surface area is 122 Å². The molecule has 2 heterocycles. The molecule has 1 aromatic heterocycles. The van der Waals surface area contributed by atoms with E-state index in [4.69, 9.17) is 0 Å². The largest absolute Gasteiger partial charge is 0.385 e. The number of hydrogen-bond acceptors (Lipinski definition) is 4. The van der Waals surface area contributed by atoms with E-state index in [0.29, 0.717) is 6.54 Å². The van der Waals surface area contributed by atoms with Gasteiger partial charge in [0.15, 0.2) is 0 Å². The molecule has 2 aromatic rings. The van der Waals surface area contributed by atoms with Crippen molar-refractivity contribution in [3.63, 3.8) is 0 Å². The molecule has 0 unspecified atom stereocenters. The van der Waals surface area contributed by atoms with Crippen LogP contribution >= 0.6 is 11.3 Å². The van der Waals surface area contributed by atoms with Crippen LogP contribution in [0, 0.1) is 6.92 Å². The highest BCUT2D eigenvalue weighted by atomic mass is 32.1. The number of anilines is 1. The summed E-state index contributed by atoms with van der Waals surface area (Å²) in [7, 11) is 0. The van der Waals surface area contributed by atoms with E-state index in [1.807, 2.05) is 31.3 Å². The van der Waals surface area contributed by atoms with Crippen LogP contribution < -0.4 is 10.6 Å². The predicted molar refractivity (Wildman–Crippen MR) is 81.3 cm³/mol. The van der Waals surface area contributed by atoms with Gasteiger partial charge in [-0.05, 0) is 37.5 Å². The third-order valence-electron chi connectivity index (χ3n) is 3.41. The highest BCUT2D eigenvalue weighted by Crippen LogP contribution is 2.25. The van der Waals surface area contributed by atoms with E-state index < -0.39 is 0 Å². The molecule has 1 amide bonds. The van der Waals surface area contributed by atoms with Crippen molar-refractivity contribution in [1.82, 2.24) is 10.3 Å². The van der Waals surface area contributed by atoms with Crippen LogP contribution in [0.15, 0.2) is 24.4 Å². The zero-order valence-electron chi connectivity index (χ0n) is 11.4. The number of aromatic nitrogens is 1. The number of carbonyl (C=O) groups is 1. The number of nitrogens with one attached hydrogen (secondary N) is 2. The molecule has 1 aliphatic heterocycles. The number of benzene rings is 1. The molecule has 2 N–H and O–H groups in total. The van der Waals surface area contributed by atoms with Crippen molar-refractivity contribution in [1.29, 1.82) is 0 Å². The number of carbonyl (C=O) groups excluding carboxylic acids is 1. The molecule has 20 heavy (non-hydrogen) atoms.